The fourth-order valence-electron chi connectivity index (χ4n) is 1.84. The molecule has 1 rings (SSSR count). The Morgan fingerprint density at radius 3 is 2.12 bits per heavy atom. The number of benzene rings is 1. The normalized spacial score (nSPS) is 13.0. The maximum Gasteiger partial charge on any atom is 0.115 e. The Balaban J connectivity index is 2.26. The van der Waals surface area contributed by atoms with E-state index >= 15 is 0 Å². The average Bonchev–Trinajstić information content (AvgIpc) is 2.25. The number of phenolic OH excluding ortho intramolecular Hbond substituents is 1. The molecule has 0 aromatic heterocycles. The van der Waals surface area contributed by atoms with E-state index in [1.54, 1.807) is 12.1 Å². The summed E-state index contributed by atoms with van der Waals surface area (Å²) in [4.78, 5) is 0. The Morgan fingerprint density at radius 2 is 1.56 bits per heavy atom. The van der Waals surface area contributed by atoms with Crippen molar-refractivity contribution in [2.45, 2.75) is 46.5 Å². The Bertz CT molecular complexity index is 287. The lowest BCUT2D eigenvalue weighted by Crippen LogP contribution is -2.00. The second-order valence-corrected chi connectivity index (χ2v) is 5.28. The third kappa shape index (κ3) is 5.20. The molecule has 0 aliphatic rings. The molecule has 1 nitrogen and oxygen atoms in total. The zero-order valence-corrected chi connectivity index (χ0v) is 10.7. The third-order valence-corrected chi connectivity index (χ3v) is 3.10. The minimum absolute atomic E-state index is 0.358. The maximum absolute atomic E-state index is 9.18. The van der Waals surface area contributed by atoms with Gasteiger partial charge in [-0.2, -0.15) is 0 Å². The Morgan fingerprint density at radius 1 is 0.938 bits per heavy atom. The van der Waals surface area contributed by atoms with Crippen LogP contribution in [0.25, 0.3) is 0 Å². The van der Waals surface area contributed by atoms with Gasteiger partial charge < -0.3 is 5.11 Å². The van der Waals surface area contributed by atoms with Gasteiger partial charge in [-0.25, -0.2) is 0 Å². The predicted octanol–water partition coefficient (Wildman–Crippen LogP) is 4.40. The van der Waals surface area contributed by atoms with Gasteiger partial charge in [0.05, 0.1) is 0 Å². The van der Waals surface area contributed by atoms with Gasteiger partial charge >= 0.3 is 0 Å². The summed E-state index contributed by atoms with van der Waals surface area (Å²) in [5, 5.41) is 9.18. The molecule has 0 amide bonds. The molecule has 1 aromatic rings. The van der Waals surface area contributed by atoms with E-state index in [4.69, 9.17) is 0 Å². The minimum Gasteiger partial charge on any atom is -0.508 e. The Kier molecular flexibility index (Phi) is 5.37. The van der Waals surface area contributed by atoms with Crippen molar-refractivity contribution in [3.05, 3.63) is 29.8 Å². The van der Waals surface area contributed by atoms with E-state index < -0.39 is 0 Å². The lowest BCUT2D eigenvalue weighted by atomic mass is 9.94. The maximum atomic E-state index is 9.18. The van der Waals surface area contributed by atoms with Crippen molar-refractivity contribution < 1.29 is 5.11 Å². The molecule has 0 aliphatic carbocycles. The van der Waals surface area contributed by atoms with Gasteiger partial charge in [0.15, 0.2) is 0 Å². The largest absolute Gasteiger partial charge is 0.508 e. The van der Waals surface area contributed by atoms with Gasteiger partial charge in [-0.1, -0.05) is 45.7 Å². The highest BCUT2D eigenvalue weighted by Crippen LogP contribution is 2.18. The van der Waals surface area contributed by atoms with Gasteiger partial charge in [0.25, 0.3) is 0 Å². The molecule has 0 spiro atoms. The molecule has 1 heteroatoms. The van der Waals surface area contributed by atoms with E-state index in [0.29, 0.717) is 5.75 Å². The van der Waals surface area contributed by atoms with Crippen molar-refractivity contribution in [2.75, 3.05) is 0 Å². The van der Waals surface area contributed by atoms with Crippen molar-refractivity contribution >= 4 is 0 Å². The van der Waals surface area contributed by atoms with Crippen LogP contribution in [-0.4, -0.2) is 5.11 Å². The van der Waals surface area contributed by atoms with Gasteiger partial charge in [0, 0.05) is 0 Å². The molecule has 0 bridgehead atoms. The second-order valence-electron chi connectivity index (χ2n) is 5.28. The fourth-order valence-corrected chi connectivity index (χ4v) is 1.84. The molecule has 0 fully saturated rings. The Hall–Kier alpha value is -0.980. The van der Waals surface area contributed by atoms with Crippen molar-refractivity contribution in [3.63, 3.8) is 0 Å². The third-order valence-electron chi connectivity index (χ3n) is 3.10. The van der Waals surface area contributed by atoms with Crippen molar-refractivity contribution in [1.82, 2.24) is 0 Å². The average molecular weight is 220 g/mol. The molecule has 1 N–H and O–H groups in total. The number of phenols is 1. The lowest BCUT2D eigenvalue weighted by Gasteiger charge is -2.12. The molecule has 0 aliphatic heterocycles. The van der Waals surface area contributed by atoms with Crippen molar-refractivity contribution in [2.24, 2.45) is 11.8 Å². The number of aromatic hydroxyl groups is 1. The van der Waals surface area contributed by atoms with Crippen LogP contribution < -0.4 is 0 Å². The van der Waals surface area contributed by atoms with Gasteiger partial charge in [-0.05, 0) is 42.4 Å². The first-order valence-corrected chi connectivity index (χ1v) is 6.36. The predicted molar refractivity (Wildman–Crippen MR) is 69.7 cm³/mol. The molecule has 16 heavy (non-hydrogen) atoms. The first-order valence-electron chi connectivity index (χ1n) is 6.36. The lowest BCUT2D eigenvalue weighted by molar-refractivity contribution is 0.428. The van der Waals surface area contributed by atoms with E-state index in [9.17, 15) is 5.11 Å². The van der Waals surface area contributed by atoms with E-state index in [0.717, 1.165) is 18.3 Å². The number of hydrogen-bond acceptors (Lipinski definition) is 1. The highest BCUT2D eigenvalue weighted by atomic mass is 16.3. The van der Waals surface area contributed by atoms with Crippen LogP contribution in [0.1, 0.15) is 45.6 Å². The monoisotopic (exact) mass is 220 g/mol. The molecule has 1 aromatic carbocycles. The quantitative estimate of drug-likeness (QED) is 0.753. The summed E-state index contributed by atoms with van der Waals surface area (Å²) < 4.78 is 0. The molecule has 1 atom stereocenters. The van der Waals surface area contributed by atoms with E-state index in [1.165, 1.54) is 24.8 Å². The van der Waals surface area contributed by atoms with E-state index in [-0.39, 0.29) is 0 Å². The topological polar surface area (TPSA) is 20.2 Å². The summed E-state index contributed by atoms with van der Waals surface area (Å²) in [6, 6.07) is 7.58. The van der Waals surface area contributed by atoms with Gasteiger partial charge in [0.1, 0.15) is 5.75 Å². The molecule has 1 unspecified atom stereocenters. The SMILES string of the molecule is CC(C)CCC(C)CCc1ccc(O)cc1. The summed E-state index contributed by atoms with van der Waals surface area (Å²) in [5.41, 5.74) is 1.33. The first kappa shape index (κ1) is 13.1. The van der Waals surface area contributed by atoms with Crippen LogP contribution in [0.5, 0.6) is 5.75 Å². The highest BCUT2D eigenvalue weighted by Gasteiger charge is 2.04. The standard InChI is InChI=1S/C15H24O/c1-12(2)4-5-13(3)6-7-14-8-10-15(16)11-9-14/h8-13,16H,4-7H2,1-3H3. The second kappa shape index (κ2) is 6.57. The number of aryl methyl sites for hydroxylation is 1. The van der Waals surface area contributed by atoms with Crippen LogP contribution in [0.3, 0.4) is 0 Å². The summed E-state index contributed by atoms with van der Waals surface area (Å²) in [6.07, 6.45) is 5.03. The van der Waals surface area contributed by atoms with Crippen LogP contribution in [0.15, 0.2) is 24.3 Å². The summed E-state index contributed by atoms with van der Waals surface area (Å²) >= 11 is 0. The number of hydrogen-bond donors (Lipinski definition) is 1. The summed E-state index contributed by atoms with van der Waals surface area (Å²) in [5.74, 6) is 1.98. The Labute approximate surface area is 99.5 Å². The van der Waals surface area contributed by atoms with Gasteiger partial charge in [0.2, 0.25) is 0 Å². The van der Waals surface area contributed by atoms with Crippen LogP contribution in [0, 0.1) is 11.8 Å². The van der Waals surface area contributed by atoms with E-state index in [2.05, 4.69) is 20.8 Å². The molecule has 0 heterocycles. The van der Waals surface area contributed by atoms with Crippen molar-refractivity contribution in [3.8, 4) is 5.75 Å². The molecule has 0 saturated carbocycles. The van der Waals surface area contributed by atoms with Gasteiger partial charge in [-0.3, -0.25) is 0 Å². The van der Waals surface area contributed by atoms with E-state index in [1.807, 2.05) is 12.1 Å². The minimum atomic E-state index is 0.358. The van der Waals surface area contributed by atoms with Gasteiger partial charge in [-0.15, -0.1) is 0 Å². The van der Waals surface area contributed by atoms with Crippen LogP contribution in [-0.2, 0) is 6.42 Å². The first-order chi connectivity index (χ1) is 7.58. The zero-order chi connectivity index (χ0) is 12.0. The highest BCUT2D eigenvalue weighted by molar-refractivity contribution is 5.25. The van der Waals surface area contributed by atoms with Crippen LogP contribution in [0.2, 0.25) is 0 Å². The molecule has 90 valence electrons. The van der Waals surface area contributed by atoms with Crippen molar-refractivity contribution in [1.29, 1.82) is 0 Å². The fraction of sp³-hybridized carbons (Fsp3) is 0.600. The molecular formula is C15H24O. The van der Waals surface area contributed by atoms with Crippen LogP contribution >= 0.6 is 0 Å². The smallest absolute Gasteiger partial charge is 0.115 e. The number of rotatable bonds is 6. The zero-order valence-electron chi connectivity index (χ0n) is 10.7. The molecular weight excluding hydrogens is 196 g/mol. The van der Waals surface area contributed by atoms with Crippen LogP contribution in [0.4, 0.5) is 0 Å². The summed E-state index contributed by atoms with van der Waals surface area (Å²) in [6.45, 7) is 6.90. The molecule has 0 radical (unpaired) electrons. The molecule has 0 saturated heterocycles. The summed E-state index contributed by atoms with van der Waals surface area (Å²) in [7, 11) is 0.